The first-order chi connectivity index (χ1) is 12.4. The van der Waals surface area contributed by atoms with Crippen molar-refractivity contribution in [2.24, 2.45) is 11.8 Å². The van der Waals surface area contributed by atoms with E-state index in [2.05, 4.69) is 38.0 Å². The number of nitrogens with zero attached hydrogens (tertiary/aromatic N) is 4. The predicted molar refractivity (Wildman–Crippen MR) is 104 cm³/mol. The normalized spacial score (nSPS) is 11.5. The van der Waals surface area contributed by atoms with Gasteiger partial charge in [-0.15, -0.1) is 5.10 Å². The molecule has 0 radical (unpaired) electrons. The van der Waals surface area contributed by atoms with E-state index in [1.807, 2.05) is 11.0 Å². The Hall–Kier alpha value is -2.24. The van der Waals surface area contributed by atoms with Crippen molar-refractivity contribution in [2.75, 3.05) is 13.1 Å². The van der Waals surface area contributed by atoms with Gasteiger partial charge >= 0.3 is 0 Å². The summed E-state index contributed by atoms with van der Waals surface area (Å²) in [4.78, 5) is 27.1. The largest absolute Gasteiger partial charge is 0.343 e. The summed E-state index contributed by atoms with van der Waals surface area (Å²) in [7, 11) is 0. The van der Waals surface area contributed by atoms with Crippen LogP contribution in [0.15, 0.2) is 29.1 Å². The summed E-state index contributed by atoms with van der Waals surface area (Å²) in [5.74, 6) is 1.19. The van der Waals surface area contributed by atoms with Crippen molar-refractivity contribution >= 4 is 16.8 Å². The molecule has 6 heteroatoms. The molecular formula is C20H30N4O2. The fraction of sp³-hybridized carbons (Fsp3) is 0.600. The maximum atomic E-state index is 12.7. The van der Waals surface area contributed by atoms with E-state index in [1.165, 1.54) is 4.68 Å². The molecule has 2 rings (SSSR count). The molecule has 0 atom stereocenters. The molecule has 0 saturated carbocycles. The maximum Gasteiger partial charge on any atom is 0.277 e. The Labute approximate surface area is 155 Å². The summed E-state index contributed by atoms with van der Waals surface area (Å²) in [5.41, 5.74) is 0.384. The molecule has 1 heterocycles. The third-order valence-corrected chi connectivity index (χ3v) is 4.47. The summed E-state index contributed by atoms with van der Waals surface area (Å²) < 4.78 is 1.29. The molecule has 0 N–H and O–H groups in total. The third-order valence-electron chi connectivity index (χ3n) is 4.47. The number of hydrogen-bond donors (Lipinski definition) is 0. The summed E-state index contributed by atoms with van der Waals surface area (Å²) in [6.45, 7) is 10.4. The molecule has 0 fully saturated rings. The molecule has 0 aliphatic heterocycles. The van der Waals surface area contributed by atoms with E-state index in [4.69, 9.17) is 0 Å². The van der Waals surface area contributed by atoms with Gasteiger partial charge in [0, 0.05) is 19.5 Å². The fourth-order valence-electron chi connectivity index (χ4n) is 2.72. The number of aryl methyl sites for hydroxylation is 1. The van der Waals surface area contributed by atoms with Crippen LogP contribution in [0.4, 0.5) is 0 Å². The van der Waals surface area contributed by atoms with Crippen LogP contribution in [0, 0.1) is 11.8 Å². The topological polar surface area (TPSA) is 68.1 Å². The van der Waals surface area contributed by atoms with E-state index in [0.717, 1.165) is 25.9 Å². The standard InChI is InChI=1S/C20H30N4O2/c1-15(2)9-12-23(13-10-16(3)4)19(25)11-14-24-20(26)17-7-5-6-8-18(17)21-22-24/h5-8,15-16H,9-14H2,1-4H3. The molecule has 1 aromatic heterocycles. The van der Waals surface area contributed by atoms with Gasteiger partial charge in [-0.25, -0.2) is 4.68 Å². The van der Waals surface area contributed by atoms with Crippen molar-refractivity contribution < 1.29 is 4.79 Å². The lowest BCUT2D eigenvalue weighted by molar-refractivity contribution is -0.131. The Kier molecular flexibility index (Phi) is 7.30. The van der Waals surface area contributed by atoms with Gasteiger partial charge in [-0.3, -0.25) is 9.59 Å². The minimum absolute atomic E-state index is 0.0770. The van der Waals surface area contributed by atoms with Gasteiger partial charge in [0.25, 0.3) is 5.56 Å². The molecule has 2 aromatic rings. The lowest BCUT2D eigenvalue weighted by Gasteiger charge is -2.24. The number of fused-ring (bicyclic) bond motifs is 1. The van der Waals surface area contributed by atoms with Crippen molar-refractivity contribution in [1.82, 2.24) is 19.9 Å². The molecule has 0 saturated heterocycles. The SMILES string of the molecule is CC(C)CCN(CCC(C)C)C(=O)CCn1nnc2ccccc2c1=O. The second kappa shape index (κ2) is 9.46. The Morgan fingerprint density at radius 3 is 2.31 bits per heavy atom. The van der Waals surface area contributed by atoms with Crippen LogP contribution in [0.2, 0.25) is 0 Å². The molecule has 0 aliphatic carbocycles. The minimum atomic E-state index is -0.195. The Bertz CT molecular complexity index is 771. The second-order valence-corrected chi connectivity index (χ2v) is 7.63. The van der Waals surface area contributed by atoms with Crippen LogP contribution >= 0.6 is 0 Å². The van der Waals surface area contributed by atoms with E-state index in [-0.39, 0.29) is 24.4 Å². The molecule has 0 spiro atoms. The molecule has 0 bridgehead atoms. The third kappa shape index (κ3) is 5.64. The van der Waals surface area contributed by atoms with Crippen LogP contribution in [0.5, 0.6) is 0 Å². The monoisotopic (exact) mass is 358 g/mol. The highest BCUT2D eigenvalue weighted by molar-refractivity contribution is 5.77. The van der Waals surface area contributed by atoms with E-state index < -0.39 is 0 Å². The average molecular weight is 358 g/mol. The minimum Gasteiger partial charge on any atom is -0.343 e. The van der Waals surface area contributed by atoms with Crippen LogP contribution < -0.4 is 5.56 Å². The number of benzene rings is 1. The smallest absolute Gasteiger partial charge is 0.277 e. The number of aromatic nitrogens is 3. The summed E-state index contributed by atoms with van der Waals surface area (Å²) in [6.07, 6.45) is 2.24. The molecule has 6 nitrogen and oxygen atoms in total. The van der Waals surface area contributed by atoms with Crippen molar-refractivity contribution in [3.63, 3.8) is 0 Å². The number of amides is 1. The summed E-state index contributed by atoms with van der Waals surface area (Å²) >= 11 is 0. The highest BCUT2D eigenvalue weighted by Gasteiger charge is 2.15. The van der Waals surface area contributed by atoms with Crippen LogP contribution in [0.3, 0.4) is 0 Å². The van der Waals surface area contributed by atoms with Gasteiger partial charge in [-0.05, 0) is 36.8 Å². The van der Waals surface area contributed by atoms with Gasteiger partial charge in [0.15, 0.2) is 0 Å². The van der Waals surface area contributed by atoms with E-state index in [0.29, 0.717) is 22.7 Å². The van der Waals surface area contributed by atoms with Gasteiger partial charge in [0.05, 0.1) is 11.9 Å². The number of rotatable bonds is 9. The highest BCUT2D eigenvalue weighted by atomic mass is 16.2. The van der Waals surface area contributed by atoms with Gasteiger partial charge < -0.3 is 4.90 Å². The first kappa shape index (κ1) is 20.1. The first-order valence-electron chi connectivity index (χ1n) is 9.48. The second-order valence-electron chi connectivity index (χ2n) is 7.63. The fourth-order valence-corrected chi connectivity index (χ4v) is 2.72. The van der Waals surface area contributed by atoms with Crippen molar-refractivity contribution in [3.8, 4) is 0 Å². The highest BCUT2D eigenvalue weighted by Crippen LogP contribution is 2.09. The van der Waals surface area contributed by atoms with Crippen molar-refractivity contribution in [3.05, 3.63) is 34.6 Å². The molecule has 142 valence electrons. The van der Waals surface area contributed by atoms with Crippen molar-refractivity contribution in [2.45, 2.75) is 53.5 Å². The molecular weight excluding hydrogens is 328 g/mol. The Morgan fingerprint density at radius 2 is 1.69 bits per heavy atom. The zero-order chi connectivity index (χ0) is 19.1. The van der Waals surface area contributed by atoms with Gasteiger partial charge in [-0.1, -0.05) is 45.0 Å². The van der Waals surface area contributed by atoms with E-state index >= 15 is 0 Å². The zero-order valence-electron chi connectivity index (χ0n) is 16.3. The Morgan fingerprint density at radius 1 is 1.08 bits per heavy atom. The number of carbonyl (C=O) groups is 1. The predicted octanol–water partition coefficient (Wildman–Crippen LogP) is 3.10. The van der Waals surface area contributed by atoms with Crippen LogP contribution in [0.25, 0.3) is 10.9 Å². The molecule has 26 heavy (non-hydrogen) atoms. The average Bonchev–Trinajstić information content (AvgIpc) is 2.60. The first-order valence-corrected chi connectivity index (χ1v) is 9.48. The lowest BCUT2D eigenvalue weighted by Crippen LogP contribution is -2.35. The van der Waals surface area contributed by atoms with Gasteiger partial charge in [-0.2, -0.15) is 0 Å². The lowest BCUT2D eigenvalue weighted by atomic mass is 10.1. The van der Waals surface area contributed by atoms with E-state index in [9.17, 15) is 9.59 Å². The molecule has 0 aliphatic rings. The molecule has 0 unspecified atom stereocenters. The quantitative estimate of drug-likeness (QED) is 0.691. The number of hydrogen-bond acceptors (Lipinski definition) is 4. The number of carbonyl (C=O) groups excluding carboxylic acids is 1. The van der Waals surface area contributed by atoms with Gasteiger partial charge in [0.2, 0.25) is 5.91 Å². The van der Waals surface area contributed by atoms with Crippen LogP contribution in [-0.2, 0) is 11.3 Å². The van der Waals surface area contributed by atoms with Crippen LogP contribution in [-0.4, -0.2) is 38.9 Å². The van der Waals surface area contributed by atoms with Crippen molar-refractivity contribution in [1.29, 1.82) is 0 Å². The maximum absolute atomic E-state index is 12.7. The molecule has 1 aromatic carbocycles. The summed E-state index contributed by atoms with van der Waals surface area (Å²) in [6, 6.07) is 7.13. The van der Waals surface area contributed by atoms with E-state index in [1.54, 1.807) is 18.2 Å². The van der Waals surface area contributed by atoms with Gasteiger partial charge in [0.1, 0.15) is 5.52 Å². The molecule has 1 amide bonds. The zero-order valence-corrected chi connectivity index (χ0v) is 16.3. The Balaban J connectivity index is 2.04. The summed E-state index contributed by atoms with van der Waals surface area (Å²) in [5, 5.41) is 8.58. The van der Waals surface area contributed by atoms with Crippen LogP contribution in [0.1, 0.15) is 47.0 Å².